The van der Waals surface area contributed by atoms with E-state index in [9.17, 15) is 9.18 Å². The average molecular weight is 202 g/mol. The van der Waals surface area contributed by atoms with Crippen LogP contribution in [0.3, 0.4) is 0 Å². The van der Waals surface area contributed by atoms with Gasteiger partial charge < -0.3 is 4.90 Å². The van der Waals surface area contributed by atoms with E-state index in [0.717, 1.165) is 32.7 Å². The average Bonchev–Trinajstić information content (AvgIpc) is 2.26. The molecule has 3 nitrogen and oxygen atoms in total. The number of nitrogens with zero attached hydrogens (tertiary/aromatic N) is 2. The van der Waals surface area contributed by atoms with Crippen LogP contribution in [0.1, 0.15) is 19.8 Å². The van der Waals surface area contributed by atoms with Crippen LogP contribution < -0.4 is 0 Å². The van der Waals surface area contributed by atoms with Gasteiger partial charge in [-0.15, -0.1) is 0 Å². The molecule has 82 valence electrons. The van der Waals surface area contributed by atoms with Crippen molar-refractivity contribution < 1.29 is 9.18 Å². The zero-order chi connectivity index (χ0) is 10.4. The Bertz CT molecular complexity index is 179. The van der Waals surface area contributed by atoms with Crippen LogP contribution in [0.4, 0.5) is 4.39 Å². The van der Waals surface area contributed by atoms with Gasteiger partial charge in [0.1, 0.15) is 0 Å². The van der Waals surface area contributed by atoms with Gasteiger partial charge >= 0.3 is 0 Å². The summed E-state index contributed by atoms with van der Waals surface area (Å²) in [5.41, 5.74) is 0. The molecule has 1 aliphatic rings. The predicted molar refractivity (Wildman–Crippen MR) is 53.9 cm³/mol. The lowest BCUT2D eigenvalue weighted by Gasteiger charge is -2.34. The minimum atomic E-state index is -0.242. The summed E-state index contributed by atoms with van der Waals surface area (Å²) in [6, 6.07) is 0. The number of carbonyl (C=O) groups is 1. The lowest BCUT2D eigenvalue weighted by Crippen LogP contribution is -2.48. The zero-order valence-corrected chi connectivity index (χ0v) is 8.84. The van der Waals surface area contributed by atoms with Gasteiger partial charge in [0.2, 0.25) is 5.91 Å². The van der Waals surface area contributed by atoms with E-state index in [4.69, 9.17) is 0 Å². The van der Waals surface area contributed by atoms with Gasteiger partial charge in [-0.05, 0) is 6.42 Å². The first kappa shape index (κ1) is 11.4. The van der Waals surface area contributed by atoms with E-state index in [1.807, 2.05) is 11.8 Å². The van der Waals surface area contributed by atoms with Crippen molar-refractivity contribution in [3.8, 4) is 0 Å². The van der Waals surface area contributed by atoms with E-state index in [2.05, 4.69) is 4.90 Å². The second kappa shape index (κ2) is 5.96. The fraction of sp³-hybridized carbons (Fsp3) is 0.900. The van der Waals surface area contributed by atoms with Crippen LogP contribution >= 0.6 is 0 Å². The van der Waals surface area contributed by atoms with Gasteiger partial charge in [-0.2, -0.15) is 0 Å². The van der Waals surface area contributed by atoms with Crippen molar-refractivity contribution in [3.05, 3.63) is 0 Å². The van der Waals surface area contributed by atoms with E-state index < -0.39 is 0 Å². The molecule has 0 aromatic carbocycles. The van der Waals surface area contributed by atoms with Crippen LogP contribution in [0.2, 0.25) is 0 Å². The summed E-state index contributed by atoms with van der Waals surface area (Å²) in [5.74, 6) is 0.232. The molecule has 0 radical (unpaired) electrons. The Morgan fingerprint density at radius 2 is 1.93 bits per heavy atom. The molecule has 1 rings (SSSR count). The smallest absolute Gasteiger partial charge is 0.222 e. The zero-order valence-electron chi connectivity index (χ0n) is 8.84. The van der Waals surface area contributed by atoms with Crippen LogP contribution in [-0.2, 0) is 4.79 Å². The Kier molecular flexibility index (Phi) is 4.87. The van der Waals surface area contributed by atoms with Crippen LogP contribution in [0.5, 0.6) is 0 Å². The van der Waals surface area contributed by atoms with Crippen molar-refractivity contribution in [1.29, 1.82) is 0 Å². The van der Waals surface area contributed by atoms with Crippen LogP contribution in [0, 0.1) is 0 Å². The van der Waals surface area contributed by atoms with Gasteiger partial charge in [0.05, 0.1) is 6.67 Å². The summed E-state index contributed by atoms with van der Waals surface area (Å²) in [7, 11) is 0. The molecular weight excluding hydrogens is 183 g/mol. The number of hydrogen-bond donors (Lipinski definition) is 0. The maximum absolute atomic E-state index is 11.9. The largest absolute Gasteiger partial charge is 0.340 e. The normalized spacial score (nSPS) is 18.6. The SMILES string of the molecule is CCC(=O)N1CCN(CCCF)CC1. The summed E-state index contributed by atoms with van der Waals surface area (Å²) in [4.78, 5) is 15.5. The maximum atomic E-state index is 11.9. The third-order valence-electron chi connectivity index (χ3n) is 2.64. The molecule has 0 atom stereocenters. The molecule has 0 unspecified atom stereocenters. The van der Waals surface area contributed by atoms with Crippen molar-refractivity contribution >= 4 is 5.91 Å². The van der Waals surface area contributed by atoms with E-state index in [1.165, 1.54) is 0 Å². The highest BCUT2D eigenvalue weighted by Crippen LogP contribution is 2.04. The molecule has 0 aromatic heterocycles. The fourth-order valence-corrected chi connectivity index (χ4v) is 1.73. The monoisotopic (exact) mass is 202 g/mol. The summed E-state index contributed by atoms with van der Waals surface area (Å²) >= 11 is 0. The first-order valence-electron chi connectivity index (χ1n) is 5.34. The van der Waals surface area contributed by atoms with E-state index in [-0.39, 0.29) is 12.6 Å². The molecule has 1 amide bonds. The number of rotatable bonds is 4. The molecule has 0 aliphatic carbocycles. The van der Waals surface area contributed by atoms with Gasteiger partial charge in [0, 0.05) is 39.1 Å². The number of carbonyl (C=O) groups excluding carboxylic acids is 1. The van der Waals surface area contributed by atoms with Gasteiger partial charge in [-0.3, -0.25) is 14.1 Å². The van der Waals surface area contributed by atoms with Gasteiger partial charge in [0.25, 0.3) is 0 Å². The summed E-state index contributed by atoms with van der Waals surface area (Å²) in [5, 5.41) is 0. The van der Waals surface area contributed by atoms with Crippen LogP contribution in [-0.4, -0.2) is 55.1 Å². The topological polar surface area (TPSA) is 23.6 Å². The van der Waals surface area contributed by atoms with Crippen molar-refractivity contribution in [2.24, 2.45) is 0 Å². The second-order valence-electron chi connectivity index (χ2n) is 3.62. The lowest BCUT2D eigenvalue weighted by atomic mass is 10.2. The molecule has 0 bridgehead atoms. The van der Waals surface area contributed by atoms with Crippen molar-refractivity contribution in [3.63, 3.8) is 0 Å². The molecule has 14 heavy (non-hydrogen) atoms. The summed E-state index contributed by atoms with van der Waals surface area (Å²) < 4.78 is 11.9. The van der Waals surface area contributed by atoms with Gasteiger partial charge in [0.15, 0.2) is 0 Å². The highest BCUT2D eigenvalue weighted by molar-refractivity contribution is 5.75. The third-order valence-corrected chi connectivity index (χ3v) is 2.64. The van der Waals surface area contributed by atoms with Crippen molar-refractivity contribution in [2.75, 3.05) is 39.4 Å². The first-order chi connectivity index (χ1) is 6.77. The molecule has 4 heteroatoms. The molecule has 0 N–H and O–H groups in total. The molecular formula is C10H19FN2O. The Balaban J connectivity index is 2.20. The number of piperazine rings is 1. The third kappa shape index (κ3) is 3.25. The van der Waals surface area contributed by atoms with E-state index in [1.54, 1.807) is 0 Å². The van der Waals surface area contributed by atoms with E-state index in [0.29, 0.717) is 12.8 Å². The number of alkyl halides is 1. The summed E-state index contributed by atoms with van der Waals surface area (Å²) in [6.07, 6.45) is 1.20. The molecule has 1 saturated heterocycles. The van der Waals surface area contributed by atoms with Gasteiger partial charge in [-0.25, -0.2) is 0 Å². The molecule has 1 aliphatic heterocycles. The predicted octanol–water partition coefficient (Wildman–Crippen LogP) is 0.900. The fourth-order valence-electron chi connectivity index (χ4n) is 1.73. The highest BCUT2D eigenvalue weighted by Gasteiger charge is 2.18. The Labute approximate surface area is 84.9 Å². The van der Waals surface area contributed by atoms with Gasteiger partial charge in [-0.1, -0.05) is 6.92 Å². The molecule has 1 fully saturated rings. The second-order valence-corrected chi connectivity index (χ2v) is 3.62. The minimum absolute atomic E-state index is 0.232. The number of halogens is 1. The number of amides is 1. The molecule has 1 heterocycles. The molecule has 0 saturated carbocycles. The molecule has 0 aromatic rings. The lowest BCUT2D eigenvalue weighted by molar-refractivity contribution is -0.132. The van der Waals surface area contributed by atoms with Crippen LogP contribution in [0.25, 0.3) is 0 Å². The standard InChI is InChI=1S/C10H19FN2O/c1-2-10(14)13-8-6-12(7-9-13)5-3-4-11/h2-9H2,1H3. The van der Waals surface area contributed by atoms with E-state index >= 15 is 0 Å². The Morgan fingerprint density at radius 3 is 2.43 bits per heavy atom. The van der Waals surface area contributed by atoms with Crippen molar-refractivity contribution in [2.45, 2.75) is 19.8 Å². The molecule has 0 spiro atoms. The quantitative estimate of drug-likeness (QED) is 0.676. The Morgan fingerprint density at radius 1 is 1.29 bits per heavy atom. The minimum Gasteiger partial charge on any atom is -0.340 e. The first-order valence-corrected chi connectivity index (χ1v) is 5.34. The Hall–Kier alpha value is -0.640. The highest BCUT2D eigenvalue weighted by atomic mass is 19.1. The summed E-state index contributed by atoms with van der Waals surface area (Å²) in [6.45, 7) is 5.87. The number of hydrogen-bond acceptors (Lipinski definition) is 2. The van der Waals surface area contributed by atoms with Crippen molar-refractivity contribution in [1.82, 2.24) is 9.80 Å². The maximum Gasteiger partial charge on any atom is 0.222 e. The van der Waals surface area contributed by atoms with Crippen LogP contribution in [0.15, 0.2) is 0 Å².